The molecule has 0 amide bonds. The van der Waals surface area contributed by atoms with Crippen LogP contribution in [-0.2, 0) is 16.6 Å². The van der Waals surface area contributed by atoms with Gasteiger partial charge in [0.15, 0.2) is 0 Å². The number of carbonyl (C=O) groups is 1. The number of hydrogen-bond donors (Lipinski definition) is 0. The summed E-state index contributed by atoms with van der Waals surface area (Å²) in [6.45, 7) is 4.07. The van der Waals surface area contributed by atoms with Crippen molar-refractivity contribution in [3.05, 3.63) is 71.3 Å². The normalized spacial score (nSPS) is 17.2. The zero-order chi connectivity index (χ0) is 14.2. The third-order valence-electron chi connectivity index (χ3n) is 4.59. The lowest BCUT2D eigenvalue weighted by atomic mass is 9.70. The van der Waals surface area contributed by atoms with Gasteiger partial charge < -0.3 is 0 Å². The van der Waals surface area contributed by atoms with Crippen LogP contribution in [-0.4, -0.2) is 5.78 Å². The van der Waals surface area contributed by atoms with E-state index in [1.54, 1.807) is 0 Å². The SMILES string of the molecule is CC(C)(C(=O)CC1Cc2ccccc21)c1ccccc1. The molecular formula is C19H20O. The van der Waals surface area contributed by atoms with E-state index in [4.69, 9.17) is 0 Å². The Bertz CT molecular complexity index is 625. The number of fused-ring (bicyclic) bond motifs is 1. The van der Waals surface area contributed by atoms with E-state index in [-0.39, 0.29) is 0 Å². The van der Waals surface area contributed by atoms with E-state index in [1.165, 1.54) is 11.1 Å². The molecule has 0 spiro atoms. The second kappa shape index (κ2) is 4.90. The summed E-state index contributed by atoms with van der Waals surface area (Å²) >= 11 is 0. The molecule has 1 unspecified atom stereocenters. The minimum atomic E-state index is -0.397. The monoisotopic (exact) mass is 264 g/mol. The molecule has 1 atom stereocenters. The van der Waals surface area contributed by atoms with Crippen molar-refractivity contribution in [1.29, 1.82) is 0 Å². The first-order chi connectivity index (χ1) is 9.59. The minimum absolute atomic E-state index is 0.336. The number of benzene rings is 2. The lowest BCUT2D eigenvalue weighted by Gasteiger charge is -2.32. The third kappa shape index (κ3) is 2.18. The van der Waals surface area contributed by atoms with Crippen LogP contribution in [0.3, 0.4) is 0 Å². The summed E-state index contributed by atoms with van der Waals surface area (Å²) in [5.74, 6) is 0.755. The van der Waals surface area contributed by atoms with Crippen LogP contribution < -0.4 is 0 Å². The molecule has 2 aromatic rings. The fraction of sp³-hybridized carbons (Fsp3) is 0.316. The van der Waals surface area contributed by atoms with Crippen molar-refractivity contribution >= 4 is 5.78 Å². The molecule has 0 aliphatic heterocycles. The molecule has 20 heavy (non-hydrogen) atoms. The van der Waals surface area contributed by atoms with E-state index in [0.29, 0.717) is 18.1 Å². The van der Waals surface area contributed by atoms with Crippen molar-refractivity contribution in [2.75, 3.05) is 0 Å². The van der Waals surface area contributed by atoms with Gasteiger partial charge in [0.2, 0.25) is 0 Å². The molecule has 1 heteroatoms. The van der Waals surface area contributed by atoms with Crippen molar-refractivity contribution in [3.8, 4) is 0 Å². The number of carbonyl (C=O) groups excluding carboxylic acids is 1. The average Bonchev–Trinajstić information content (AvgIpc) is 2.45. The van der Waals surface area contributed by atoms with Crippen LogP contribution >= 0.6 is 0 Å². The van der Waals surface area contributed by atoms with Crippen LogP contribution in [0.25, 0.3) is 0 Å². The van der Waals surface area contributed by atoms with E-state index < -0.39 is 5.41 Å². The second-order valence-electron chi connectivity index (χ2n) is 6.22. The largest absolute Gasteiger partial charge is 0.299 e. The van der Waals surface area contributed by atoms with Crippen LogP contribution in [0.15, 0.2) is 54.6 Å². The highest BCUT2D eigenvalue weighted by Gasteiger charge is 2.34. The molecule has 2 aromatic carbocycles. The van der Waals surface area contributed by atoms with Gasteiger partial charge in [-0.3, -0.25) is 4.79 Å². The Morgan fingerprint density at radius 1 is 1.05 bits per heavy atom. The second-order valence-corrected chi connectivity index (χ2v) is 6.22. The lowest BCUT2D eigenvalue weighted by Crippen LogP contribution is -2.32. The Kier molecular flexibility index (Phi) is 3.21. The molecule has 0 bridgehead atoms. The standard InChI is InChI=1S/C19H20O/c1-19(2,16-9-4-3-5-10-16)18(20)13-15-12-14-8-6-7-11-17(14)15/h3-11,15H,12-13H2,1-2H3. The molecule has 0 heterocycles. The van der Waals surface area contributed by atoms with Gasteiger partial charge in [-0.15, -0.1) is 0 Å². The molecular weight excluding hydrogens is 244 g/mol. The van der Waals surface area contributed by atoms with Gasteiger partial charge >= 0.3 is 0 Å². The molecule has 1 nitrogen and oxygen atoms in total. The number of rotatable bonds is 4. The van der Waals surface area contributed by atoms with E-state index in [2.05, 4.69) is 24.3 Å². The maximum Gasteiger partial charge on any atom is 0.143 e. The Morgan fingerprint density at radius 3 is 2.40 bits per heavy atom. The van der Waals surface area contributed by atoms with E-state index in [9.17, 15) is 4.79 Å². The predicted molar refractivity (Wildman–Crippen MR) is 82.0 cm³/mol. The summed E-state index contributed by atoms with van der Waals surface area (Å²) in [5.41, 5.74) is 3.48. The fourth-order valence-electron chi connectivity index (χ4n) is 3.04. The smallest absolute Gasteiger partial charge is 0.143 e. The summed E-state index contributed by atoms with van der Waals surface area (Å²) in [6, 6.07) is 18.6. The Morgan fingerprint density at radius 2 is 1.70 bits per heavy atom. The summed E-state index contributed by atoms with van der Waals surface area (Å²) in [4.78, 5) is 12.7. The molecule has 1 aliphatic rings. The summed E-state index contributed by atoms with van der Waals surface area (Å²) in [5, 5.41) is 0. The first-order valence-electron chi connectivity index (χ1n) is 7.25. The van der Waals surface area contributed by atoms with Crippen molar-refractivity contribution in [2.45, 2.75) is 38.0 Å². The van der Waals surface area contributed by atoms with Gasteiger partial charge in [-0.1, -0.05) is 54.6 Å². The number of Topliss-reactive ketones (excluding diaryl/α,β-unsaturated/α-hetero) is 1. The van der Waals surface area contributed by atoms with Crippen LogP contribution in [0, 0.1) is 0 Å². The highest BCUT2D eigenvalue weighted by Crippen LogP contribution is 2.39. The zero-order valence-electron chi connectivity index (χ0n) is 12.1. The highest BCUT2D eigenvalue weighted by atomic mass is 16.1. The first-order valence-corrected chi connectivity index (χ1v) is 7.25. The molecule has 0 saturated heterocycles. The minimum Gasteiger partial charge on any atom is -0.299 e. The van der Waals surface area contributed by atoms with Gasteiger partial charge in [0.05, 0.1) is 0 Å². The van der Waals surface area contributed by atoms with Crippen molar-refractivity contribution < 1.29 is 4.79 Å². The Balaban J connectivity index is 1.75. The molecule has 0 aromatic heterocycles. The fourth-order valence-corrected chi connectivity index (χ4v) is 3.04. The van der Waals surface area contributed by atoms with Crippen LogP contribution in [0.2, 0.25) is 0 Å². The predicted octanol–water partition coefficient (Wildman–Crippen LogP) is 4.26. The molecule has 102 valence electrons. The van der Waals surface area contributed by atoms with Crippen LogP contribution in [0.1, 0.15) is 42.9 Å². The third-order valence-corrected chi connectivity index (χ3v) is 4.59. The Hall–Kier alpha value is -1.89. The zero-order valence-corrected chi connectivity index (χ0v) is 12.1. The first kappa shape index (κ1) is 13.1. The average molecular weight is 264 g/mol. The summed E-state index contributed by atoms with van der Waals surface area (Å²) in [6.07, 6.45) is 1.70. The molecule has 3 rings (SSSR count). The van der Waals surface area contributed by atoms with Gasteiger partial charge in [0.25, 0.3) is 0 Å². The summed E-state index contributed by atoms with van der Waals surface area (Å²) in [7, 11) is 0. The molecule has 1 aliphatic carbocycles. The van der Waals surface area contributed by atoms with Gasteiger partial charge in [-0.2, -0.15) is 0 Å². The van der Waals surface area contributed by atoms with Gasteiger partial charge in [0.1, 0.15) is 5.78 Å². The summed E-state index contributed by atoms with van der Waals surface area (Å²) < 4.78 is 0. The van der Waals surface area contributed by atoms with E-state index in [1.807, 2.05) is 44.2 Å². The Labute approximate surface area is 120 Å². The van der Waals surface area contributed by atoms with E-state index >= 15 is 0 Å². The number of hydrogen-bond acceptors (Lipinski definition) is 1. The molecule has 0 saturated carbocycles. The molecule has 0 radical (unpaired) electrons. The topological polar surface area (TPSA) is 17.1 Å². The molecule has 0 N–H and O–H groups in total. The van der Waals surface area contributed by atoms with Gasteiger partial charge in [0, 0.05) is 11.8 Å². The van der Waals surface area contributed by atoms with Crippen molar-refractivity contribution in [3.63, 3.8) is 0 Å². The van der Waals surface area contributed by atoms with Gasteiger partial charge in [-0.05, 0) is 42.9 Å². The number of ketones is 1. The maximum atomic E-state index is 12.7. The maximum absolute atomic E-state index is 12.7. The van der Waals surface area contributed by atoms with Crippen molar-refractivity contribution in [1.82, 2.24) is 0 Å². The quantitative estimate of drug-likeness (QED) is 0.806. The van der Waals surface area contributed by atoms with Crippen molar-refractivity contribution in [2.24, 2.45) is 0 Å². The van der Waals surface area contributed by atoms with E-state index in [0.717, 1.165) is 12.0 Å². The molecule has 0 fully saturated rings. The van der Waals surface area contributed by atoms with Crippen LogP contribution in [0.4, 0.5) is 0 Å². The highest BCUT2D eigenvalue weighted by molar-refractivity contribution is 5.90. The van der Waals surface area contributed by atoms with Gasteiger partial charge in [-0.25, -0.2) is 0 Å². The lowest BCUT2D eigenvalue weighted by molar-refractivity contribution is -0.124. The van der Waals surface area contributed by atoms with Crippen LogP contribution in [0.5, 0.6) is 0 Å².